The van der Waals surface area contributed by atoms with E-state index < -0.39 is 0 Å². The van der Waals surface area contributed by atoms with Crippen LogP contribution in [0.4, 0.5) is 0 Å². The van der Waals surface area contributed by atoms with Crippen molar-refractivity contribution in [3.05, 3.63) is 40.4 Å². The lowest BCUT2D eigenvalue weighted by Gasteiger charge is -1.99. The normalized spacial score (nSPS) is 10.6. The Balaban J connectivity index is 2.04. The topological polar surface area (TPSA) is 84.9 Å². The predicted octanol–water partition coefficient (Wildman–Crippen LogP) is 2.50. The second-order valence-corrected chi connectivity index (χ2v) is 4.92. The first-order valence-electron chi connectivity index (χ1n) is 5.33. The van der Waals surface area contributed by atoms with Crippen LogP contribution in [-0.2, 0) is 0 Å². The third-order valence-corrected chi connectivity index (χ3v) is 3.10. The van der Waals surface area contributed by atoms with Gasteiger partial charge in [0.15, 0.2) is 0 Å². The molecule has 0 fully saturated rings. The van der Waals surface area contributed by atoms with Crippen LogP contribution in [0.25, 0.3) is 23.0 Å². The van der Waals surface area contributed by atoms with Crippen LogP contribution in [-0.4, -0.2) is 25.2 Å². The van der Waals surface area contributed by atoms with Crippen molar-refractivity contribution >= 4 is 22.6 Å². The number of halogens is 1. The summed E-state index contributed by atoms with van der Waals surface area (Å²) in [4.78, 5) is 12.1. The molecule has 6 nitrogen and oxygen atoms in total. The summed E-state index contributed by atoms with van der Waals surface area (Å²) in [6.07, 6.45) is 3.01. The Morgan fingerprint density at radius 2 is 2.11 bits per heavy atom. The Morgan fingerprint density at radius 1 is 1.21 bits per heavy atom. The molecule has 0 radical (unpaired) electrons. The molecule has 0 aliphatic carbocycles. The summed E-state index contributed by atoms with van der Waals surface area (Å²) in [6.45, 7) is 0. The van der Waals surface area contributed by atoms with Crippen molar-refractivity contribution in [1.82, 2.24) is 20.1 Å². The van der Waals surface area contributed by atoms with E-state index in [1.54, 1.807) is 30.5 Å². The summed E-state index contributed by atoms with van der Waals surface area (Å²) in [7, 11) is 0. The van der Waals surface area contributed by atoms with Gasteiger partial charge in [-0.25, -0.2) is 9.97 Å². The first-order valence-corrected chi connectivity index (χ1v) is 6.41. The zero-order valence-corrected chi connectivity index (χ0v) is 11.6. The number of benzene rings is 1. The van der Waals surface area contributed by atoms with Gasteiger partial charge in [0, 0.05) is 9.77 Å². The molecular formula is C12H7IN4O2. The highest BCUT2D eigenvalue weighted by Crippen LogP contribution is 2.30. The van der Waals surface area contributed by atoms with Gasteiger partial charge in [0.05, 0.1) is 5.56 Å². The lowest BCUT2D eigenvalue weighted by Crippen LogP contribution is -1.86. The van der Waals surface area contributed by atoms with Gasteiger partial charge in [0.1, 0.15) is 17.8 Å². The number of aromatic nitrogens is 4. The number of rotatable bonds is 2. The van der Waals surface area contributed by atoms with Crippen LogP contribution >= 0.6 is 22.6 Å². The molecule has 0 amide bonds. The van der Waals surface area contributed by atoms with Gasteiger partial charge in [-0.2, -0.15) is 4.98 Å². The van der Waals surface area contributed by atoms with Gasteiger partial charge in [0.25, 0.3) is 5.89 Å². The molecule has 94 valence electrons. The minimum atomic E-state index is 0.0957. The zero-order valence-electron chi connectivity index (χ0n) is 9.49. The Hall–Kier alpha value is -2.03. The van der Waals surface area contributed by atoms with Crippen LogP contribution in [0, 0.1) is 3.57 Å². The molecule has 0 aliphatic heterocycles. The maximum Gasteiger partial charge on any atom is 0.262 e. The molecule has 0 spiro atoms. The van der Waals surface area contributed by atoms with Crippen molar-refractivity contribution in [3.63, 3.8) is 0 Å². The lowest BCUT2D eigenvalue weighted by molar-refractivity contribution is 0.425. The van der Waals surface area contributed by atoms with Crippen molar-refractivity contribution < 1.29 is 9.63 Å². The highest BCUT2D eigenvalue weighted by atomic mass is 127. The summed E-state index contributed by atoms with van der Waals surface area (Å²) in [5.74, 6) is 0.707. The van der Waals surface area contributed by atoms with E-state index in [2.05, 4.69) is 42.7 Å². The van der Waals surface area contributed by atoms with Gasteiger partial charge >= 0.3 is 0 Å². The van der Waals surface area contributed by atoms with E-state index in [1.165, 1.54) is 6.33 Å². The smallest absolute Gasteiger partial charge is 0.262 e. The van der Waals surface area contributed by atoms with E-state index in [9.17, 15) is 5.11 Å². The summed E-state index contributed by atoms with van der Waals surface area (Å²) >= 11 is 2.15. The molecule has 2 aromatic heterocycles. The van der Waals surface area contributed by atoms with Gasteiger partial charge in [0.2, 0.25) is 5.82 Å². The lowest BCUT2D eigenvalue weighted by atomic mass is 10.2. The molecule has 0 atom stereocenters. The molecule has 0 unspecified atom stereocenters. The van der Waals surface area contributed by atoms with Crippen molar-refractivity contribution in [2.24, 2.45) is 0 Å². The fourth-order valence-corrected chi connectivity index (χ4v) is 2.03. The average Bonchev–Trinajstić information content (AvgIpc) is 2.92. The summed E-state index contributed by atoms with van der Waals surface area (Å²) in [5.41, 5.74) is 1.06. The minimum Gasteiger partial charge on any atom is -0.507 e. The van der Waals surface area contributed by atoms with Crippen molar-refractivity contribution in [2.75, 3.05) is 0 Å². The van der Waals surface area contributed by atoms with Crippen molar-refractivity contribution in [1.29, 1.82) is 0 Å². The van der Waals surface area contributed by atoms with E-state index in [1.807, 2.05) is 0 Å². The van der Waals surface area contributed by atoms with Gasteiger partial charge in [-0.05, 0) is 46.9 Å². The van der Waals surface area contributed by atoms with Crippen LogP contribution < -0.4 is 0 Å². The molecule has 2 heterocycles. The van der Waals surface area contributed by atoms with E-state index in [0.717, 1.165) is 3.57 Å². The van der Waals surface area contributed by atoms with E-state index in [4.69, 9.17) is 4.52 Å². The Bertz CT molecular complexity index is 715. The largest absolute Gasteiger partial charge is 0.507 e. The average molecular weight is 366 g/mol. The standard InChI is InChI=1S/C12H7IN4O2/c13-7-1-2-10(18)8(5-7)12-16-11(17-19-12)9-3-4-14-6-15-9/h1-6,18H. The van der Waals surface area contributed by atoms with E-state index >= 15 is 0 Å². The molecule has 1 aromatic carbocycles. The maximum absolute atomic E-state index is 9.81. The third-order valence-electron chi connectivity index (χ3n) is 2.43. The van der Waals surface area contributed by atoms with Crippen LogP contribution in [0.2, 0.25) is 0 Å². The quantitative estimate of drug-likeness (QED) is 0.702. The Labute approximate surface area is 121 Å². The molecule has 7 heteroatoms. The Kier molecular flexibility index (Phi) is 3.11. The SMILES string of the molecule is Oc1ccc(I)cc1-c1nc(-c2ccncn2)no1. The Morgan fingerprint density at radius 3 is 2.89 bits per heavy atom. The van der Waals surface area contributed by atoms with Crippen molar-refractivity contribution in [3.8, 4) is 28.7 Å². The van der Waals surface area contributed by atoms with E-state index in [-0.39, 0.29) is 11.6 Å². The molecule has 1 N–H and O–H groups in total. The van der Waals surface area contributed by atoms with Gasteiger partial charge in [-0.3, -0.25) is 0 Å². The molecule has 0 saturated carbocycles. The van der Waals surface area contributed by atoms with E-state index in [0.29, 0.717) is 17.1 Å². The second kappa shape index (κ2) is 4.92. The fourth-order valence-electron chi connectivity index (χ4n) is 1.54. The second-order valence-electron chi connectivity index (χ2n) is 3.68. The van der Waals surface area contributed by atoms with Crippen LogP contribution in [0.5, 0.6) is 5.75 Å². The molecule has 3 aromatic rings. The number of aromatic hydroxyl groups is 1. The minimum absolute atomic E-state index is 0.0957. The number of hydrogen-bond acceptors (Lipinski definition) is 6. The number of hydrogen-bond donors (Lipinski definition) is 1. The number of nitrogens with zero attached hydrogens (tertiary/aromatic N) is 4. The number of phenols is 1. The van der Waals surface area contributed by atoms with Gasteiger partial charge < -0.3 is 9.63 Å². The summed E-state index contributed by atoms with van der Waals surface area (Å²) in [5, 5.41) is 13.7. The van der Waals surface area contributed by atoms with Crippen LogP contribution in [0.3, 0.4) is 0 Å². The summed E-state index contributed by atoms with van der Waals surface area (Å²) in [6, 6.07) is 6.84. The summed E-state index contributed by atoms with van der Waals surface area (Å²) < 4.78 is 6.12. The fraction of sp³-hybridized carbons (Fsp3) is 0. The highest BCUT2D eigenvalue weighted by Gasteiger charge is 2.14. The highest BCUT2D eigenvalue weighted by molar-refractivity contribution is 14.1. The molecule has 0 saturated heterocycles. The molecular weight excluding hydrogens is 359 g/mol. The molecule has 19 heavy (non-hydrogen) atoms. The van der Waals surface area contributed by atoms with Gasteiger partial charge in [-0.1, -0.05) is 5.16 Å². The van der Waals surface area contributed by atoms with Gasteiger partial charge in [-0.15, -0.1) is 0 Å². The molecule has 0 bridgehead atoms. The molecule has 0 aliphatic rings. The van der Waals surface area contributed by atoms with Crippen LogP contribution in [0.15, 0.2) is 41.3 Å². The zero-order chi connectivity index (χ0) is 13.2. The molecule has 3 rings (SSSR count). The number of phenolic OH excluding ortho intramolecular Hbond substituents is 1. The van der Waals surface area contributed by atoms with Crippen molar-refractivity contribution in [2.45, 2.75) is 0 Å². The monoisotopic (exact) mass is 366 g/mol. The maximum atomic E-state index is 9.81. The first kappa shape index (κ1) is 12.0. The first-order chi connectivity index (χ1) is 9.24. The predicted molar refractivity (Wildman–Crippen MR) is 75.1 cm³/mol. The van der Waals surface area contributed by atoms with Crippen LogP contribution in [0.1, 0.15) is 0 Å². The third kappa shape index (κ3) is 2.41.